The summed E-state index contributed by atoms with van der Waals surface area (Å²) in [5, 5.41) is 1.11. The minimum Gasteiger partial charge on any atom is -0.497 e. The average molecular weight is 502 g/mol. The number of carbonyl (C=O) groups excluding carboxylic acids is 2. The van der Waals surface area contributed by atoms with Gasteiger partial charge in [0.25, 0.3) is 0 Å². The first kappa shape index (κ1) is 25.1. The van der Waals surface area contributed by atoms with Crippen LogP contribution in [-0.2, 0) is 20.7 Å². The first-order valence-electron chi connectivity index (χ1n) is 13.1. The van der Waals surface area contributed by atoms with Crippen LogP contribution in [0.5, 0.6) is 5.75 Å². The third-order valence-corrected chi connectivity index (χ3v) is 7.37. The topological polar surface area (TPSA) is 66.8 Å². The number of hydrogen-bond donors (Lipinski definition) is 0. The van der Waals surface area contributed by atoms with Crippen LogP contribution >= 0.6 is 0 Å². The summed E-state index contributed by atoms with van der Waals surface area (Å²) in [7, 11) is 3.06. The maximum Gasteiger partial charge on any atom is 0.338 e. The minimum atomic E-state index is -0.592. The van der Waals surface area contributed by atoms with Crippen molar-refractivity contribution in [1.82, 2.24) is 4.57 Å². The van der Waals surface area contributed by atoms with E-state index in [9.17, 15) is 9.59 Å². The molecule has 0 unspecified atom stereocenters. The lowest BCUT2D eigenvalue weighted by atomic mass is 9.81. The zero-order chi connectivity index (χ0) is 26.3. The van der Waals surface area contributed by atoms with Crippen molar-refractivity contribution in [2.24, 2.45) is 0 Å². The summed E-state index contributed by atoms with van der Waals surface area (Å²) in [5.41, 5.74) is 5.80. The Balaban J connectivity index is 1.82. The Bertz CT molecular complexity index is 1400. The van der Waals surface area contributed by atoms with Crippen molar-refractivity contribution in [2.75, 3.05) is 14.2 Å². The van der Waals surface area contributed by atoms with Gasteiger partial charge in [0.15, 0.2) is 0 Å². The Kier molecular flexibility index (Phi) is 6.61. The number of rotatable bonds is 4. The summed E-state index contributed by atoms with van der Waals surface area (Å²) in [6.07, 6.45) is 8.22. The lowest BCUT2D eigenvalue weighted by molar-refractivity contribution is -0.136. The van der Waals surface area contributed by atoms with Gasteiger partial charge in [-0.15, -0.1) is 0 Å². The SMILES string of the molecule is COC(=O)C1=Cn2c(c(C3CCCCC3)c3ccc(C(=O)OC(C)(C)C)cc32)-c2ccc(OC)cc2C1. The molecule has 6 heteroatoms. The number of aromatic nitrogens is 1. The van der Waals surface area contributed by atoms with Crippen LogP contribution in [0.2, 0.25) is 0 Å². The van der Waals surface area contributed by atoms with Crippen molar-refractivity contribution >= 4 is 29.0 Å². The molecule has 2 aromatic carbocycles. The Morgan fingerprint density at radius 2 is 1.70 bits per heavy atom. The number of ether oxygens (including phenoxy) is 3. The molecular weight excluding hydrogens is 466 g/mol. The summed E-state index contributed by atoms with van der Waals surface area (Å²) < 4.78 is 18.4. The molecule has 194 valence electrons. The van der Waals surface area contributed by atoms with E-state index >= 15 is 0 Å². The van der Waals surface area contributed by atoms with Gasteiger partial charge in [0.2, 0.25) is 0 Å². The van der Waals surface area contributed by atoms with E-state index in [1.54, 1.807) is 7.11 Å². The van der Waals surface area contributed by atoms with Gasteiger partial charge in [0.1, 0.15) is 11.4 Å². The standard InChI is InChI=1S/C31H35NO5/c1-31(2,3)37-30(34)20-11-13-25-26(17-20)32-18-22(29(33)36-5)15-21-16-23(35-4)12-14-24(21)28(32)27(25)19-9-7-6-8-10-19/h11-14,16-19H,6-10,15H2,1-5H3. The number of esters is 2. The number of methoxy groups -OCH3 is 2. The molecule has 1 fully saturated rings. The lowest BCUT2D eigenvalue weighted by Gasteiger charge is -2.24. The number of hydrogen-bond acceptors (Lipinski definition) is 5. The van der Waals surface area contributed by atoms with Gasteiger partial charge in [0, 0.05) is 23.6 Å². The van der Waals surface area contributed by atoms with Gasteiger partial charge in [-0.1, -0.05) is 25.3 Å². The van der Waals surface area contributed by atoms with Crippen LogP contribution in [0.1, 0.15) is 80.3 Å². The highest BCUT2D eigenvalue weighted by molar-refractivity contribution is 6.02. The maximum absolute atomic E-state index is 13.0. The number of benzene rings is 2. The molecule has 0 amide bonds. The molecule has 0 saturated heterocycles. The van der Waals surface area contributed by atoms with E-state index in [0.717, 1.165) is 46.3 Å². The third-order valence-electron chi connectivity index (χ3n) is 7.37. The normalized spacial score (nSPS) is 15.9. The van der Waals surface area contributed by atoms with Gasteiger partial charge < -0.3 is 18.8 Å². The molecule has 0 atom stereocenters. The molecule has 0 spiro atoms. The predicted octanol–water partition coefficient (Wildman–Crippen LogP) is 6.89. The van der Waals surface area contributed by atoms with E-state index in [-0.39, 0.29) is 11.9 Å². The lowest BCUT2D eigenvalue weighted by Crippen LogP contribution is -2.23. The fraction of sp³-hybridized carbons (Fsp3) is 0.419. The van der Waals surface area contributed by atoms with Crippen LogP contribution in [0.3, 0.4) is 0 Å². The summed E-state index contributed by atoms with van der Waals surface area (Å²) in [6, 6.07) is 11.9. The van der Waals surface area contributed by atoms with E-state index in [4.69, 9.17) is 14.2 Å². The maximum atomic E-state index is 13.0. The molecule has 0 bridgehead atoms. The van der Waals surface area contributed by atoms with E-state index in [2.05, 4.69) is 16.7 Å². The highest BCUT2D eigenvalue weighted by atomic mass is 16.6. The number of carbonyl (C=O) groups is 2. The van der Waals surface area contributed by atoms with Crippen LogP contribution in [0.25, 0.3) is 28.4 Å². The van der Waals surface area contributed by atoms with E-state index in [1.807, 2.05) is 51.2 Å². The number of fused-ring (bicyclic) bond motifs is 5. The van der Waals surface area contributed by atoms with Crippen molar-refractivity contribution in [1.29, 1.82) is 0 Å². The molecule has 2 heterocycles. The second kappa shape index (κ2) is 9.73. The molecular formula is C31H35NO5. The van der Waals surface area contributed by atoms with E-state index in [0.29, 0.717) is 23.5 Å². The van der Waals surface area contributed by atoms with Crippen molar-refractivity contribution in [3.63, 3.8) is 0 Å². The Morgan fingerprint density at radius 3 is 2.38 bits per heavy atom. The zero-order valence-corrected chi connectivity index (χ0v) is 22.3. The highest BCUT2D eigenvalue weighted by Crippen LogP contribution is 2.47. The van der Waals surface area contributed by atoms with Crippen LogP contribution in [-0.4, -0.2) is 36.3 Å². The Morgan fingerprint density at radius 1 is 0.946 bits per heavy atom. The van der Waals surface area contributed by atoms with Crippen molar-refractivity contribution in [3.05, 3.63) is 58.7 Å². The molecule has 0 N–H and O–H groups in total. The van der Waals surface area contributed by atoms with Crippen molar-refractivity contribution < 1.29 is 23.8 Å². The molecule has 2 aliphatic rings. The number of nitrogens with zero attached hydrogens (tertiary/aromatic N) is 1. The molecule has 37 heavy (non-hydrogen) atoms. The average Bonchev–Trinajstić information content (AvgIpc) is 3.09. The van der Waals surface area contributed by atoms with Gasteiger partial charge in [-0.25, -0.2) is 9.59 Å². The fourth-order valence-corrected chi connectivity index (χ4v) is 5.75. The zero-order valence-electron chi connectivity index (χ0n) is 22.3. The molecule has 5 rings (SSSR count). The van der Waals surface area contributed by atoms with Crippen LogP contribution < -0.4 is 4.74 Å². The van der Waals surface area contributed by atoms with Gasteiger partial charge in [-0.3, -0.25) is 0 Å². The van der Waals surface area contributed by atoms with Crippen molar-refractivity contribution in [2.45, 2.75) is 70.8 Å². The summed E-state index contributed by atoms with van der Waals surface area (Å²) >= 11 is 0. The Hall–Kier alpha value is -3.54. The van der Waals surface area contributed by atoms with Crippen LogP contribution in [0.4, 0.5) is 0 Å². The van der Waals surface area contributed by atoms with Gasteiger partial charge in [-0.05, 0) is 81.0 Å². The second-order valence-corrected chi connectivity index (χ2v) is 11.0. The first-order valence-corrected chi connectivity index (χ1v) is 13.1. The van der Waals surface area contributed by atoms with Gasteiger partial charge in [-0.2, -0.15) is 0 Å². The molecule has 1 saturated carbocycles. The molecule has 6 nitrogen and oxygen atoms in total. The van der Waals surface area contributed by atoms with E-state index < -0.39 is 5.60 Å². The summed E-state index contributed by atoms with van der Waals surface area (Å²) in [5.74, 6) is 0.424. The molecule has 0 radical (unpaired) electrons. The largest absolute Gasteiger partial charge is 0.497 e. The van der Waals surface area contributed by atoms with Crippen LogP contribution in [0, 0.1) is 0 Å². The van der Waals surface area contributed by atoms with Crippen LogP contribution in [0.15, 0.2) is 42.0 Å². The molecule has 1 aliphatic heterocycles. The first-order chi connectivity index (χ1) is 17.7. The fourth-order valence-electron chi connectivity index (χ4n) is 5.75. The van der Waals surface area contributed by atoms with E-state index in [1.165, 1.54) is 31.9 Å². The predicted molar refractivity (Wildman–Crippen MR) is 145 cm³/mol. The second-order valence-electron chi connectivity index (χ2n) is 11.0. The molecule has 1 aliphatic carbocycles. The van der Waals surface area contributed by atoms with Gasteiger partial charge >= 0.3 is 11.9 Å². The highest BCUT2D eigenvalue weighted by Gasteiger charge is 2.31. The van der Waals surface area contributed by atoms with Crippen molar-refractivity contribution in [3.8, 4) is 17.0 Å². The quantitative estimate of drug-likeness (QED) is 0.364. The minimum absolute atomic E-state index is 0.361. The monoisotopic (exact) mass is 501 g/mol. The smallest absolute Gasteiger partial charge is 0.338 e. The molecule has 3 aromatic rings. The molecule has 1 aromatic heterocycles. The summed E-state index contributed by atoms with van der Waals surface area (Å²) in [6.45, 7) is 5.60. The van der Waals surface area contributed by atoms with Gasteiger partial charge in [0.05, 0.1) is 36.6 Å². The Labute approximate surface area is 218 Å². The third kappa shape index (κ3) is 4.77. The summed E-state index contributed by atoms with van der Waals surface area (Å²) in [4.78, 5) is 25.9.